The van der Waals surface area contributed by atoms with Gasteiger partial charge in [-0.25, -0.2) is 4.98 Å². The van der Waals surface area contributed by atoms with Crippen LogP contribution in [0.15, 0.2) is 66.7 Å². The summed E-state index contributed by atoms with van der Waals surface area (Å²) in [6.45, 7) is 5.71. The van der Waals surface area contributed by atoms with E-state index in [0.717, 1.165) is 33.7 Å². The number of halogens is 1. The monoisotopic (exact) mass is 477 g/mol. The first-order valence-corrected chi connectivity index (χ1v) is 11.7. The second kappa shape index (κ2) is 11.1. The first-order valence-electron chi connectivity index (χ1n) is 11.3. The van der Waals surface area contributed by atoms with Gasteiger partial charge in [-0.05, 0) is 61.4 Å². The van der Waals surface area contributed by atoms with Gasteiger partial charge in [-0.2, -0.15) is 0 Å². The Morgan fingerprint density at radius 1 is 0.971 bits per heavy atom. The fraction of sp³-hybridized carbons (Fsp3) is 0.259. The highest BCUT2D eigenvalue weighted by Crippen LogP contribution is 2.23. The quantitative estimate of drug-likeness (QED) is 0.344. The summed E-state index contributed by atoms with van der Waals surface area (Å²) in [6.07, 6.45) is 0.602. The topological polar surface area (TPSA) is 65.4 Å². The number of para-hydroxylation sites is 3. The molecule has 1 aromatic heterocycles. The van der Waals surface area contributed by atoms with E-state index in [0.29, 0.717) is 36.9 Å². The van der Waals surface area contributed by atoms with E-state index in [9.17, 15) is 4.79 Å². The highest BCUT2D eigenvalue weighted by atomic mass is 35.5. The number of amides is 1. The second-order valence-electron chi connectivity index (χ2n) is 8.08. The Balaban J connectivity index is 1.35. The molecule has 176 valence electrons. The predicted octanol–water partition coefficient (Wildman–Crippen LogP) is 5.12. The Kier molecular flexibility index (Phi) is 7.70. The molecule has 4 aromatic rings. The number of aromatic nitrogens is 2. The molecule has 0 saturated carbocycles. The van der Waals surface area contributed by atoms with Crippen LogP contribution < -0.4 is 14.8 Å². The van der Waals surface area contributed by atoms with Crippen LogP contribution in [0.2, 0.25) is 5.02 Å². The average Bonchev–Trinajstić information content (AvgIpc) is 3.18. The molecule has 0 aliphatic carbocycles. The standard InChI is InChI=1S/C27H28ClN3O3/c1-19-6-5-7-20(2)27(19)33-17-16-31-24-9-4-3-8-23(24)30-25(31)14-15-29-26(32)18-34-22-12-10-21(28)11-13-22/h3-13H,14-18H2,1-2H3,(H,29,32). The van der Waals surface area contributed by atoms with Crippen molar-refractivity contribution in [3.63, 3.8) is 0 Å². The Hall–Kier alpha value is -3.51. The molecule has 1 amide bonds. The lowest BCUT2D eigenvalue weighted by Crippen LogP contribution is -2.31. The van der Waals surface area contributed by atoms with E-state index in [4.69, 9.17) is 26.1 Å². The van der Waals surface area contributed by atoms with E-state index >= 15 is 0 Å². The molecule has 0 radical (unpaired) electrons. The smallest absolute Gasteiger partial charge is 0.257 e. The van der Waals surface area contributed by atoms with Crippen molar-refractivity contribution in [1.29, 1.82) is 0 Å². The summed E-state index contributed by atoms with van der Waals surface area (Å²) in [4.78, 5) is 17.0. The number of imidazole rings is 1. The fourth-order valence-electron chi connectivity index (χ4n) is 3.88. The van der Waals surface area contributed by atoms with E-state index < -0.39 is 0 Å². The van der Waals surface area contributed by atoms with Crippen LogP contribution in [0, 0.1) is 13.8 Å². The molecule has 0 fully saturated rings. The van der Waals surface area contributed by atoms with Gasteiger partial charge in [0.05, 0.1) is 17.6 Å². The maximum atomic E-state index is 12.2. The second-order valence-corrected chi connectivity index (χ2v) is 8.52. The number of nitrogens with one attached hydrogen (secondary N) is 1. The Bertz CT molecular complexity index is 1250. The van der Waals surface area contributed by atoms with Crippen molar-refractivity contribution in [2.75, 3.05) is 19.8 Å². The number of nitrogens with zero attached hydrogens (tertiary/aromatic N) is 2. The van der Waals surface area contributed by atoms with Crippen molar-refractivity contribution in [1.82, 2.24) is 14.9 Å². The lowest BCUT2D eigenvalue weighted by Gasteiger charge is -2.14. The maximum absolute atomic E-state index is 12.2. The van der Waals surface area contributed by atoms with Gasteiger partial charge in [0.25, 0.3) is 5.91 Å². The summed E-state index contributed by atoms with van der Waals surface area (Å²) < 4.78 is 13.8. The van der Waals surface area contributed by atoms with Crippen molar-refractivity contribution >= 4 is 28.5 Å². The molecule has 7 heteroatoms. The van der Waals surface area contributed by atoms with Crippen molar-refractivity contribution in [3.8, 4) is 11.5 Å². The molecule has 6 nitrogen and oxygen atoms in total. The van der Waals surface area contributed by atoms with E-state index in [2.05, 4.69) is 41.9 Å². The van der Waals surface area contributed by atoms with Crippen LogP contribution >= 0.6 is 11.6 Å². The molecule has 34 heavy (non-hydrogen) atoms. The highest BCUT2D eigenvalue weighted by Gasteiger charge is 2.12. The van der Waals surface area contributed by atoms with Crippen LogP contribution in [0.3, 0.4) is 0 Å². The largest absolute Gasteiger partial charge is 0.491 e. The number of carbonyl (C=O) groups excluding carboxylic acids is 1. The minimum Gasteiger partial charge on any atom is -0.491 e. The normalized spacial score (nSPS) is 10.9. The minimum atomic E-state index is -0.184. The van der Waals surface area contributed by atoms with Gasteiger partial charge in [0.15, 0.2) is 6.61 Å². The van der Waals surface area contributed by atoms with Crippen molar-refractivity contribution in [2.45, 2.75) is 26.8 Å². The van der Waals surface area contributed by atoms with E-state index in [1.54, 1.807) is 24.3 Å². The number of carbonyl (C=O) groups is 1. The highest BCUT2D eigenvalue weighted by molar-refractivity contribution is 6.30. The summed E-state index contributed by atoms with van der Waals surface area (Å²) in [7, 11) is 0. The zero-order valence-corrected chi connectivity index (χ0v) is 20.1. The van der Waals surface area contributed by atoms with Gasteiger partial charge in [0.1, 0.15) is 23.9 Å². The lowest BCUT2D eigenvalue weighted by molar-refractivity contribution is -0.123. The van der Waals surface area contributed by atoms with Gasteiger partial charge >= 0.3 is 0 Å². The Morgan fingerprint density at radius 3 is 2.47 bits per heavy atom. The number of fused-ring (bicyclic) bond motifs is 1. The van der Waals surface area contributed by atoms with Crippen LogP contribution in [0.25, 0.3) is 11.0 Å². The molecule has 0 spiro atoms. The summed E-state index contributed by atoms with van der Waals surface area (Å²) in [5.41, 5.74) is 4.24. The van der Waals surface area contributed by atoms with Crippen LogP contribution in [0.1, 0.15) is 17.0 Å². The van der Waals surface area contributed by atoms with Gasteiger partial charge in [-0.3, -0.25) is 4.79 Å². The molecule has 0 saturated heterocycles. The third-order valence-electron chi connectivity index (χ3n) is 5.56. The van der Waals surface area contributed by atoms with E-state index in [1.165, 1.54) is 0 Å². The zero-order valence-electron chi connectivity index (χ0n) is 19.4. The molecule has 0 aliphatic rings. The van der Waals surface area contributed by atoms with Crippen LogP contribution in [-0.2, 0) is 17.8 Å². The summed E-state index contributed by atoms with van der Waals surface area (Å²) >= 11 is 5.87. The predicted molar refractivity (Wildman–Crippen MR) is 135 cm³/mol. The van der Waals surface area contributed by atoms with Gasteiger partial charge in [-0.15, -0.1) is 0 Å². The molecule has 4 rings (SSSR count). The molecule has 3 aromatic carbocycles. The zero-order chi connectivity index (χ0) is 23.9. The maximum Gasteiger partial charge on any atom is 0.257 e. The third-order valence-corrected chi connectivity index (χ3v) is 5.81. The van der Waals surface area contributed by atoms with Gasteiger partial charge in [0.2, 0.25) is 0 Å². The molecular weight excluding hydrogens is 450 g/mol. The number of aryl methyl sites for hydroxylation is 2. The van der Waals surface area contributed by atoms with Crippen LogP contribution in [-0.4, -0.2) is 35.2 Å². The van der Waals surface area contributed by atoms with Crippen LogP contribution in [0.4, 0.5) is 0 Å². The van der Waals surface area contributed by atoms with Crippen LogP contribution in [0.5, 0.6) is 11.5 Å². The molecule has 0 atom stereocenters. The molecule has 0 aliphatic heterocycles. The van der Waals surface area contributed by atoms with Gasteiger partial charge < -0.3 is 19.4 Å². The molecule has 1 heterocycles. The van der Waals surface area contributed by atoms with Gasteiger partial charge in [0, 0.05) is 18.0 Å². The first kappa shape index (κ1) is 23.6. The van der Waals surface area contributed by atoms with E-state index in [1.807, 2.05) is 24.3 Å². The summed E-state index contributed by atoms with van der Waals surface area (Å²) in [6, 6.07) is 21.1. The van der Waals surface area contributed by atoms with Crippen molar-refractivity contribution in [2.24, 2.45) is 0 Å². The van der Waals surface area contributed by atoms with Crippen molar-refractivity contribution in [3.05, 3.63) is 88.7 Å². The van der Waals surface area contributed by atoms with Gasteiger partial charge in [-0.1, -0.05) is 41.9 Å². The van der Waals surface area contributed by atoms with Crippen molar-refractivity contribution < 1.29 is 14.3 Å². The fourth-order valence-corrected chi connectivity index (χ4v) is 4.00. The Morgan fingerprint density at radius 2 is 1.71 bits per heavy atom. The SMILES string of the molecule is Cc1cccc(C)c1OCCn1c(CCNC(=O)COc2ccc(Cl)cc2)nc2ccccc21. The molecule has 1 N–H and O–H groups in total. The molecule has 0 unspecified atom stereocenters. The minimum absolute atomic E-state index is 0.0539. The molecular formula is C27H28ClN3O3. The Labute approximate surface area is 204 Å². The summed E-state index contributed by atoms with van der Waals surface area (Å²) in [5.74, 6) is 2.26. The number of ether oxygens (including phenoxy) is 2. The first-order chi connectivity index (χ1) is 16.5. The number of rotatable bonds is 10. The third kappa shape index (κ3) is 5.88. The lowest BCUT2D eigenvalue weighted by atomic mass is 10.1. The number of hydrogen-bond acceptors (Lipinski definition) is 4. The molecule has 0 bridgehead atoms. The number of hydrogen-bond donors (Lipinski definition) is 1. The van der Waals surface area contributed by atoms with E-state index in [-0.39, 0.29) is 12.5 Å². The summed E-state index contributed by atoms with van der Waals surface area (Å²) in [5, 5.41) is 3.53. The number of benzene rings is 3. The average molecular weight is 478 g/mol.